The molecule has 0 bridgehead atoms. The van der Waals surface area contributed by atoms with E-state index in [9.17, 15) is 22.8 Å². The Bertz CT molecular complexity index is 796. The Hall–Kier alpha value is -3.07. The number of alkyl halides is 3. The first-order valence-electron chi connectivity index (χ1n) is 8.99. The summed E-state index contributed by atoms with van der Waals surface area (Å²) in [5.74, 6) is -0.894. The number of carbonyl (C=O) groups excluding carboxylic acids is 2. The number of likely N-dealkylation sites (N-methyl/N-ethyl adjacent to an activating group) is 1. The van der Waals surface area contributed by atoms with E-state index in [1.807, 2.05) is 30.3 Å². The van der Waals surface area contributed by atoms with Gasteiger partial charge in [0.15, 0.2) is 13.1 Å². The predicted molar refractivity (Wildman–Crippen MR) is 102 cm³/mol. The Morgan fingerprint density at radius 2 is 1.59 bits per heavy atom. The van der Waals surface area contributed by atoms with Crippen molar-refractivity contribution in [2.24, 2.45) is 0 Å². The van der Waals surface area contributed by atoms with Crippen LogP contribution in [0.5, 0.6) is 5.75 Å². The normalized spacial score (nSPS) is 12.1. The summed E-state index contributed by atoms with van der Waals surface area (Å²) in [7, 11) is 1.70. The molecule has 0 heterocycles. The van der Waals surface area contributed by atoms with Crippen LogP contribution < -0.4 is 20.3 Å². The summed E-state index contributed by atoms with van der Waals surface area (Å²) in [5.41, 5.74) is 1.46. The fourth-order valence-electron chi connectivity index (χ4n) is 2.61. The predicted octanol–water partition coefficient (Wildman–Crippen LogP) is 1.40. The molecule has 0 saturated heterocycles. The molecule has 6 nitrogen and oxygen atoms in total. The summed E-state index contributed by atoms with van der Waals surface area (Å²) in [6.45, 7) is 0.669. The molecular weight excluding hydrogens is 387 g/mol. The van der Waals surface area contributed by atoms with Gasteiger partial charge in [-0.3, -0.25) is 9.59 Å². The average molecular weight is 410 g/mol. The van der Waals surface area contributed by atoms with Crippen LogP contribution in [0.4, 0.5) is 18.9 Å². The van der Waals surface area contributed by atoms with Gasteiger partial charge in [-0.25, -0.2) is 0 Å². The fourth-order valence-corrected chi connectivity index (χ4v) is 2.61. The van der Waals surface area contributed by atoms with Crippen molar-refractivity contribution in [3.05, 3.63) is 60.2 Å². The molecule has 29 heavy (non-hydrogen) atoms. The van der Waals surface area contributed by atoms with Gasteiger partial charge in [0.1, 0.15) is 5.75 Å². The van der Waals surface area contributed by atoms with Gasteiger partial charge in [0.05, 0.1) is 7.05 Å². The molecule has 2 amide bonds. The van der Waals surface area contributed by atoms with Crippen molar-refractivity contribution >= 4 is 17.5 Å². The van der Waals surface area contributed by atoms with Crippen molar-refractivity contribution in [3.8, 4) is 5.75 Å². The summed E-state index contributed by atoms with van der Waals surface area (Å²) in [6.07, 6.45) is -4.04. The van der Waals surface area contributed by atoms with E-state index in [-0.39, 0.29) is 30.7 Å². The molecule has 156 valence electrons. The number of hydrogen-bond acceptors (Lipinski definition) is 3. The summed E-state index contributed by atoms with van der Waals surface area (Å²) < 4.78 is 40.2. The van der Waals surface area contributed by atoms with Crippen LogP contribution in [0.25, 0.3) is 0 Å². The van der Waals surface area contributed by atoms with E-state index in [4.69, 9.17) is 0 Å². The Kier molecular flexibility index (Phi) is 8.02. The van der Waals surface area contributed by atoms with Crippen LogP contribution in [0, 0.1) is 0 Å². The van der Waals surface area contributed by atoms with Crippen LogP contribution in [-0.2, 0) is 16.0 Å². The minimum atomic E-state index is -4.77. The van der Waals surface area contributed by atoms with Crippen molar-refractivity contribution in [1.29, 1.82) is 0 Å². The lowest BCUT2D eigenvalue weighted by molar-refractivity contribution is -0.862. The molecule has 0 radical (unpaired) electrons. The summed E-state index contributed by atoms with van der Waals surface area (Å²) in [6, 6.07) is 14.6. The van der Waals surface area contributed by atoms with E-state index in [1.54, 1.807) is 7.05 Å². The van der Waals surface area contributed by atoms with Gasteiger partial charge in [-0.05, 0) is 36.2 Å². The first kappa shape index (κ1) is 22.2. The van der Waals surface area contributed by atoms with E-state index in [0.29, 0.717) is 17.1 Å². The zero-order chi connectivity index (χ0) is 21.3. The van der Waals surface area contributed by atoms with E-state index >= 15 is 0 Å². The minimum absolute atomic E-state index is 0.0346. The lowest BCUT2D eigenvalue weighted by Gasteiger charge is -2.14. The fraction of sp³-hybridized carbons (Fsp3) is 0.300. The maximum absolute atomic E-state index is 12.1. The molecule has 3 N–H and O–H groups in total. The first-order valence-corrected chi connectivity index (χ1v) is 8.99. The van der Waals surface area contributed by atoms with Crippen molar-refractivity contribution in [3.63, 3.8) is 0 Å². The van der Waals surface area contributed by atoms with E-state index in [2.05, 4.69) is 15.4 Å². The molecule has 0 aliphatic carbocycles. The Labute approximate surface area is 166 Å². The van der Waals surface area contributed by atoms with Crippen molar-refractivity contribution in [2.45, 2.75) is 12.8 Å². The number of amides is 2. The zero-order valence-corrected chi connectivity index (χ0v) is 15.9. The van der Waals surface area contributed by atoms with E-state index in [1.165, 1.54) is 12.1 Å². The minimum Gasteiger partial charge on any atom is -0.406 e. The third-order valence-electron chi connectivity index (χ3n) is 3.87. The maximum atomic E-state index is 12.1. The smallest absolute Gasteiger partial charge is 0.406 e. The topological polar surface area (TPSA) is 71.9 Å². The highest BCUT2D eigenvalue weighted by molar-refractivity contribution is 5.91. The number of benzene rings is 2. The second-order valence-electron chi connectivity index (χ2n) is 6.52. The Morgan fingerprint density at radius 1 is 0.966 bits per heavy atom. The molecule has 0 aromatic heterocycles. The number of quaternary nitrogens is 1. The highest BCUT2D eigenvalue weighted by Gasteiger charge is 2.31. The standard InChI is InChI=1S/C20H22F3N3O3/c1-26(13-18(27)24-12-11-15-5-3-2-4-6-15)14-19(28)25-16-7-9-17(10-8-16)29-20(21,22)23/h2-10H,11-14H2,1H3,(H,24,27)(H,25,28)/p+1. The van der Waals surface area contributed by atoms with Gasteiger partial charge in [-0.1, -0.05) is 30.3 Å². The van der Waals surface area contributed by atoms with Crippen molar-refractivity contribution < 1.29 is 32.4 Å². The molecule has 0 saturated carbocycles. The van der Waals surface area contributed by atoms with E-state index < -0.39 is 6.36 Å². The van der Waals surface area contributed by atoms with Crippen molar-refractivity contribution in [2.75, 3.05) is 32.0 Å². The molecule has 2 rings (SSSR count). The van der Waals surface area contributed by atoms with Crippen molar-refractivity contribution in [1.82, 2.24) is 5.32 Å². The largest absolute Gasteiger partial charge is 0.573 e. The molecule has 9 heteroatoms. The number of halogens is 3. The molecule has 2 aromatic carbocycles. The van der Waals surface area contributed by atoms with Gasteiger partial charge in [0.25, 0.3) is 11.8 Å². The number of anilines is 1. The molecule has 0 aliphatic heterocycles. The number of carbonyl (C=O) groups is 2. The molecule has 1 unspecified atom stereocenters. The number of nitrogens with one attached hydrogen (secondary N) is 3. The summed E-state index contributed by atoms with van der Waals surface area (Å²) in [4.78, 5) is 24.7. The molecular formula is C20H23F3N3O3+. The van der Waals surface area contributed by atoms with Crippen LogP contribution in [0.3, 0.4) is 0 Å². The number of rotatable bonds is 9. The maximum Gasteiger partial charge on any atom is 0.573 e. The lowest BCUT2D eigenvalue weighted by atomic mass is 10.1. The molecule has 2 aromatic rings. The van der Waals surface area contributed by atoms with Gasteiger partial charge < -0.3 is 20.3 Å². The Balaban J connectivity index is 1.69. The third kappa shape index (κ3) is 9.11. The van der Waals surface area contributed by atoms with Crippen LogP contribution in [0.2, 0.25) is 0 Å². The molecule has 1 atom stereocenters. The van der Waals surface area contributed by atoms with Crippen LogP contribution in [-0.4, -0.2) is 44.9 Å². The number of hydrogen-bond donors (Lipinski definition) is 3. The van der Waals surface area contributed by atoms with Gasteiger partial charge in [0.2, 0.25) is 0 Å². The molecule has 0 fully saturated rings. The average Bonchev–Trinajstić information content (AvgIpc) is 2.63. The van der Waals surface area contributed by atoms with Gasteiger partial charge in [-0.2, -0.15) is 0 Å². The van der Waals surface area contributed by atoms with E-state index in [0.717, 1.165) is 24.1 Å². The second kappa shape index (κ2) is 10.5. The highest BCUT2D eigenvalue weighted by Crippen LogP contribution is 2.23. The Morgan fingerprint density at radius 3 is 2.21 bits per heavy atom. The van der Waals surface area contributed by atoms with Gasteiger partial charge in [0, 0.05) is 12.2 Å². The number of ether oxygens (including phenoxy) is 1. The quantitative estimate of drug-likeness (QED) is 0.585. The molecule has 0 spiro atoms. The molecule has 0 aliphatic rings. The zero-order valence-electron chi connectivity index (χ0n) is 15.9. The van der Waals surface area contributed by atoms with Gasteiger partial charge >= 0.3 is 6.36 Å². The van der Waals surface area contributed by atoms with Crippen LogP contribution in [0.15, 0.2) is 54.6 Å². The first-order chi connectivity index (χ1) is 13.7. The summed E-state index contributed by atoms with van der Waals surface area (Å²) >= 11 is 0. The second-order valence-corrected chi connectivity index (χ2v) is 6.52. The monoisotopic (exact) mass is 410 g/mol. The highest BCUT2D eigenvalue weighted by atomic mass is 19.4. The van der Waals surface area contributed by atoms with Gasteiger partial charge in [-0.15, -0.1) is 13.2 Å². The lowest BCUT2D eigenvalue weighted by Crippen LogP contribution is -3.11. The third-order valence-corrected chi connectivity index (χ3v) is 3.87. The SMILES string of the molecule is C[NH+](CC(=O)NCCc1ccccc1)CC(=O)Nc1ccc(OC(F)(F)F)cc1. The van der Waals surface area contributed by atoms with Crippen LogP contribution in [0.1, 0.15) is 5.56 Å². The van der Waals surface area contributed by atoms with Crippen LogP contribution >= 0.6 is 0 Å². The summed E-state index contributed by atoms with van der Waals surface area (Å²) in [5, 5.41) is 5.39.